The predicted octanol–water partition coefficient (Wildman–Crippen LogP) is 3.84. The number of benzene rings is 1. The van der Waals surface area contributed by atoms with Gasteiger partial charge in [-0.3, -0.25) is 0 Å². The molecule has 1 aromatic rings. The van der Waals surface area contributed by atoms with E-state index in [1.807, 2.05) is 18.7 Å². The van der Waals surface area contributed by atoms with Gasteiger partial charge in [0.1, 0.15) is 5.82 Å². The summed E-state index contributed by atoms with van der Waals surface area (Å²) in [5, 5.41) is 2.82. The molecule has 0 aliphatic carbocycles. The normalized spacial score (nSPS) is 24.4. The van der Waals surface area contributed by atoms with Gasteiger partial charge in [0.2, 0.25) is 0 Å². The van der Waals surface area contributed by atoms with Crippen LogP contribution >= 0.6 is 0 Å². The Morgan fingerprint density at radius 2 is 2.17 bits per heavy atom. The van der Waals surface area contributed by atoms with Gasteiger partial charge in [-0.1, -0.05) is 19.9 Å². The van der Waals surface area contributed by atoms with E-state index in [4.69, 9.17) is 4.74 Å². The number of halogens is 1. The number of ether oxygens (including phenoxy) is 1. The fourth-order valence-corrected chi connectivity index (χ4v) is 3.56. The number of hydrogen-bond acceptors (Lipinski definition) is 2. The third-order valence-electron chi connectivity index (χ3n) is 5.02. The molecule has 4 nitrogen and oxygen atoms in total. The van der Waals surface area contributed by atoms with Gasteiger partial charge >= 0.3 is 6.03 Å². The van der Waals surface area contributed by atoms with Crippen molar-refractivity contribution in [2.24, 2.45) is 11.8 Å². The van der Waals surface area contributed by atoms with E-state index in [1.54, 1.807) is 12.1 Å². The van der Waals surface area contributed by atoms with Gasteiger partial charge in [0.05, 0.1) is 0 Å². The highest BCUT2D eigenvalue weighted by atomic mass is 19.1. The number of carbonyl (C=O) groups excluding carboxylic acids is 1. The number of likely N-dealkylation sites (tertiary alicyclic amines) is 1. The lowest BCUT2D eigenvalue weighted by Gasteiger charge is -2.20. The third-order valence-corrected chi connectivity index (χ3v) is 5.02. The number of urea groups is 1. The molecule has 2 aliphatic heterocycles. The van der Waals surface area contributed by atoms with Gasteiger partial charge in [-0.15, -0.1) is 0 Å². The van der Waals surface area contributed by atoms with Crippen LogP contribution in [0.2, 0.25) is 0 Å². The van der Waals surface area contributed by atoms with Crippen LogP contribution in [-0.2, 0) is 4.74 Å². The zero-order valence-corrected chi connectivity index (χ0v) is 13.8. The molecule has 23 heavy (non-hydrogen) atoms. The van der Waals surface area contributed by atoms with Crippen molar-refractivity contribution in [3.8, 4) is 0 Å². The van der Waals surface area contributed by atoms with Crippen molar-refractivity contribution in [2.75, 3.05) is 31.6 Å². The van der Waals surface area contributed by atoms with Crippen molar-refractivity contribution in [3.05, 3.63) is 29.6 Å². The Kier molecular flexibility index (Phi) is 4.85. The average molecular weight is 320 g/mol. The van der Waals surface area contributed by atoms with E-state index in [0.717, 1.165) is 39.1 Å². The lowest BCUT2D eigenvalue weighted by atomic mass is 9.91. The molecule has 2 fully saturated rings. The second kappa shape index (κ2) is 6.87. The van der Waals surface area contributed by atoms with E-state index in [2.05, 4.69) is 5.32 Å². The molecule has 5 heteroatoms. The quantitative estimate of drug-likeness (QED) is 0.919. The molecule has 2 saturated heterocycles. The van der Waals surface area contributed by atoms with Crippen LogP contribution < -0.4 is 5.32 Å². The van der Waals surface area contributed by atoms with E-state index in [0.29, 0.717) is 23.1 Å². The first kappa shape index (κ1) is 16.2. The van der Waals surface area contributed by atoms with Crippen molar-refractivity contribution in [1.82, 2.24) is 4.90 Å². The van der Waals surface area contributed by atoms with Crippen LogP contribution in [0.25, 0.3) is 0 Å². The number of nitrogens with zero attached hydrogens (tertiary/aromatic N) is 1. The Hall–Kier alpha value is -1.62. The molecule has 0 unspecified atom stereocenters. The highest BCUT2D eigenvalue weighted by molar-refractivity contribution is 5.89. The summed E-state index contributed by atoms with van der Waals surface area (Å²) in [6, 6.07) is 4.79. The molecule has 0 bridgehead atoms. The van der Waals surface area contributed by atoms with Crippen molar-refractivity contribution >= 4 is 11.7 Å². The van der Waals surface area contributed by atoms with Crippen molar-refractivity contribution in [3.63, 3.8) is 0 Å². The average Bonchev–Trinajstić information content (AvgIpc) is 3.18. The van der Waals surface area contributed by atoms with E-state index < -0.39 is 0 Å². The highest BCUT2D eigenvalue weighted by Crippen LogP contribution is 2.30. The van der Waals surface area contributed by atoms with Gasteiger partial charge in [0, 0.05) is 32.0 Å². The first-order valence-electron chi connectivity index (χ1n) is 8.47. The van der Waals surface area contributed by atoms with Crippen LogP contribution in [0, 0.1) is 17.7 Å². The standard InChI is InChI=1S/C18H25FN2O2/c1-12(2)16-4-3-15(9-17(16)19)20-18(22)21-7-5-13(10-21)14-6-8-23-11-14/h3-4,9,12-14H,5-8,10-11H2,1-2H3,(H,20,22)/t13-,14+/m0/s1. The van der Waals surface area contributed by atoms with Gasteiger partial charge in [-0.2, -0.15) is 0 Å². The molecule has 1 aromatic carbocycles. The minimum atomic E-state index is -0.264. The summed E-state index contributed by atoms with van der Waals surface area (Å²) >= 11 is 0. The summed E-state index contributed by atoms with van der Waals surface area (Å²) in [4.78, 5) is 14.2. The molecular weight excluding hydrogens is 295 g/mol. The Bertz CT molecular complexity index is 570. The molecule has 3 rings (SSSR count). The summed E-state index contributed by atoms with van der Waals surface area (Å²) < 4.78 is 19.5. The maximum atomic E-state index is 14.0. The van der Waals surface area contributed by atoms with Gasteiger partial charge in [0.15, 0.2) is 0 Å². The zero-order valence-electron chi connectivity index (χ0n) is 13.8. The summed E-state index contributed by atoms with van der Waals surface area (Å²) in [6.45, 7) is 7.10. The molecule has 0 radical (unpaired) electrons. The molecule has 2 amide bonds. The van der Waals surface area contributed by atoms with Gasteiger partial charge in [-0.05, 0) is 48.3 Å². The fraction of sp³-hybridized carbons (Fsp3) is 0.611. The third kappa shape index (κ3) is 3.66. The monoisotopic (exact) mass is 320 g/mol. The number of carbonyl (C=O) groups is 1. The first-order chi connectivity index (χ1) is 11.0. The fourth-order valence-electron chi connectivity index (χ4n) is 3.56. The summed E-state index contributed by atoms with van der Waals surface area (Å²) in [6.07, 6.45) is 2.13. The van der Waals surface area contributed by atoms with Crippen molar-refractivity contribution < 1.29 is 13.9 Å². The zero-order chi connectivity index (χ0) is 16.4. The van der Waals surface area contributed by atoms with Crippen LogP contribution in [0.5, 0.6) is 0 Å². The van der Waals surface area contributed by atoms with Crippen LogP contribution in [0.1, 0.15) is 38.2 Å². The largest absolute Gasteiger partial charge is 0.381 e. The number of nitrogens with one attached hydrogen (secondary N) is 1. The van der Waals surface area contributed by atoms with E-state index in [1.165, 1.54) is 6.07 Å². The lowest BCUT2D eigenvalue weighted by Crippen LogP contribution is -2.33. The Morgan fingerprint density at radius 1 is 1.35 bits per heavy atom. The molecule has 2 aliphatic rings. The molecule has 1 N–H and O–H groups in total. The number of rotatable bonds is 3. The van der Waals surface area contributed by atoms with E-state index >= 15 is 0 Å². The molecule has 0 saturated carbocycles. The SMILES string of the molecule is CC(C)c1ccc(NC(=O)N2CC[C@H]([C@@H]3CCOC3)C2)cc1F. The molecule has 0 spiro atoms. The summed E-state index contributed by atoms with van der Waals surface area (Å²) in [5.41, 5.74) is 1.19. The lowest BCUT2D eigenvalue weighted by molar-refractivity contribution is 0.171. The molecule has 0 aromatic heterocycles. The molecule has 126 valence electrons. The van der Waals surface area contributed by atoms with Crippen molar-refractivity contribution in [2.45, 2.75) is 32.6 Å². The molecular formula is C18H25FN2O2. The molecule has 2 heterocycles. The maximum Gasteiger partial charge on any atom is 0.321 e. The highest BCUT2D eigenvalue weighted by Gasteiger charge is 2.33. The Labute approximate surface area is 137 Å². The smallest absolute Gasteiger partial charge is 0.321 e. The van der Waals surface area contributed by atoms with E-state index in [9.17, 15) is 9.18 Å². The van der Waals surface area contributed by atoms with Crippen LogP contribution in [-0.4, -0.2) is 37.2 Å². The maximum absolute atomic E-state index is 14.0. The minimum Gasteiger partial charge on any atom is -0.381 e. The first-order valence-corrected chi connectivity index (χ1v) is 8.47. The second-order valence-electron chi connectivity index (χ2n) is 6.94. The van der Waals surface area contributed by atoms with Crippen molar-refractivity contribution in [1.29, 1.82) is 0 Å². The van der Waals surface area contributed by atoms with Gasteiger partial charge in [0.25, 0.3) is 0 Å². The second-order valence-corrected chi connectivity index (χ2v) is 6.94. The Morgan fingerprint density at radius 3 is 2.83 bits per heavy atom. The number of hydrogen-bond donors (Lipinski definition) is 1. The van der Waals surface area contributed by atoms with Crippen LogP contribution in [0.3, 0.4) is 0 Å². The van der Waals surface area contributed by atoms with Gasteiger partial charge < -0.3 is 15.0 Å². The van der Waals surface area contributed by atoms with Gasteiger partial charge in [-0.25, -0.2) is 9.18 Å². The summed E-state index contributed by atoms with van der Waals surface area (Å²) in [7, 11) is 0. The predicted molar refractivity (Wildman–Crippen MR) is 88.1 cm³/mol. The van der Waals surface area contributed by atoms with E-state index in [-0.39, 0.29) is 17.8 Å². The topological polar surface area (TPSA) is 41.6 Å². The number of amides is 2. The number of anilines is 1. The minimum absolute atomic E-state index is 0.132. The van der Waals surface area contributed by atoms with Crippen LogP contribution in [0.15, 0.2) is 18.2 Å². The summed E-state index contributed by atoms with van der Waals surface area (Å²) in [5.74, 6) is 0.979. The van der Waals surface area contributed by atoms with Crippen LogP contribution in [0.4, 0.5) is 14.9 Å². The molecule has 2 atom stereocenters. The Balaban J connectivity index is 1.58.